The molecule has 1 N–H and O–H groups in total. The molecule has 0 spiro atoms. The van der Waals surface area contributed by atoms with E-state index < -0.39 is 10.0 Å². The van der Waals surface area contributed by atoms with Gasteiger partial charge in [0.05, 0.1) is 0 Å². The van der Waals surface area contributed by atoms with Crippen LogP contribution in [0.5, 0.6) is 0 Å². The summed E-state index contributed by atoms with van der Waals surface area (Å²) in [4.78, 5) is 12.8. The lowest BCUT2D eigenvalue weighted by Gasteiger charge is -2.25. The summed E-state index contributed by atoms with van der Waals surface area (Å²) >= 11 is 3.43. The van der Waals surface area contributed by atoms with Crippen molar-refractivity contribution in [2.45, 2.75) is 31.1 Å². The van der Waals surface area contributed by atoms with Crippen LogP contribution in [-0.4, -0.2) is 36.3 Å². The van der Waals surface area contributed by atoms with Gasteiger partial charge in [0.1, 0.15) is 10.6 Å². The van der Waals surface area contributed by atoms with Crippen molar-refractivity contribution in [1.29, 1.82) is 0 Å². The molecule has 3 rings (SSSR count). The van der Waals surface area contributed by atoms with Crippen molar-refractivity contribution in [3.63, 3.8) is 0 Å². The van der Waals surface area contributed by atoms with Gasteiger partial charge in [0.2, 0.25) is 10.0 Å². The monoisotopic (exact) mass is 439 g/mol. The second-order valence-corrected chi connectivity index (χ2v) is 9.35. The zero-order valence-electron chi connectivity index (χ0n) is 14.8. The van der Waals surface area contributed by atoms with Crippen molar-refractivity contribution in [3.8, 4) is 0 Å². The molecule has 1 saturated heterocycles. The van der Waals surface area contributed by atoms with Crippen LogP contribution in [0.2, 0.25) is 0 Å². The van der Waals surface area contributed by atoms with Gasteiger partial charge in [-0.3, -0.25) is 4.79 Å². The number of nitrogens with zero attached hydrogens (tertiary/aromatic N) is 2. The van der Waals surface area contributed by atoms with Crippen molar-refractivity contribution < 1.29 is 13.2 Å². The third-order valence-electron chi connectivity index (χ3n) is 4.58. The summed E-state index contributed by atoms with van der Waals surface area (Å²) in [6, 6.07) is 6.97. The van der Waals surface area contributed by atoms with E-state index in [1.807, 2.05) is 19.1 Å². The van der Waals surface area contributed by atoms with Crippen LogP contribution < -0.4 is 5.32 Å². The third-order valence-corrected chi connectivity index (χ3v) is 7.33. The number of nitrogens with one attached hydrogen (secondary N) is 1. The maximum Gasteiger partial charge on any atom is 0.272 e. The summed E-state index contributed by atoms with van der Waals surface area (Å²) in [5.41, 5.74) is 1.97. The van der Waals surface area contributed by atoms with Gasteiger partial charge in [0.15, 0.2) is 0 Å². The van der Waals surface area contributed by atoms with E-state index in [0.717, 1.165) is 29.3 Å². The molecule has 140 valence electrons. The van der Waals surface area contributed by atoms with Gasteiger partial charge in [0, 0.05) is 36.5 Å². The van der Waals surface area contributed by atoms with Crippen LogP contribution in [0.25, 0.3) is 0 Å². The predicted molar refractivity (Wildman–Crippen MR) is 105 cm³/mol. The molecule has 1 amide bonds. The molecular weight excluding hydrogens is 418 g/mol. The number of anilines is 1. The van der Waals surface area contributed by atoms with E-state index in [0.29, 0.717) is 24.5 Å². The van der Waals surface area contributed by atoms with Crippen LogP contribution in [0.4, 0.5) is 5.69 Å². The predicted octanol–water partition coefficient (Wildman–Crippen LogP) is 3.52. The minimum absolute atomic E-state index is 0.166. The number of piperidine rings is 1. The van der Waals surface area contributed by atoms with Crippen LogP contribution in [0, 0.1) is 6.92 Å². The number of hydrogen-bond acceptors (Lipinski definition) is 3. The summed E-state index contributed by atoms with van der Waals surface area (Å²) in [7, 11) is -1.88. The first-order valence-corrected chi connectivity index (χ1v) is 10.8. The number of carbonyl (C=O) groups excluding carboxylic acids is 1. The van der Waals surface area contributed by atoms with Gasteiger partial charge in [-0.25, -0.2) is 8.42 Å². The Balaban J connectivity index is 1.83. The molecule has 0 radical (unpaired) electrons. The van der Waals surface area contributed by atoms with E-state index in [1.165, 1.54) is 16.6 Å². The summed E-state index contributed by atoms with van der Waals surface area (Å²) < 4.78 is 29.6. The first-order valence-electron chi connectivity index (χ1n) is 8.53. The third kappa shape index (κ3) is 3.87. The van der Waals surface area contributed by atoms with Crippen LogP contribution in [0.1, 0.15) is 35.3 Å². The molecule has 2 heterocycles. The number of hydrogen-bond donors (Lipinski definition) is 1. The number of aromatic nitrogens is 1. The second kappa shape index (κ2) is 7.54. The highest BCUT2D eigenvalue weighted by Gasteiger charge is 2.28. The smallest absolute Gasteiger partial charge is 0.272 e. The number of amides is 1. The molecule has 1 aliphatic heterocycles. The first-order chi connectivity index (χ1) is 12.3. The molecule has 0 atom stereocenters. The molecule has 1 fully saturated rings. The SMILES string of the molecule is Cc1cc(NC(=O)c2cc(S(=O)(=O)N3CCCCC3)cn2C)ccc1Br. The van der Waals surface area contributed by atoms with Crippen LogP contribution in [-0.2, 0) is 17.1 Å². The average Bonchev–Trinajstić information content (AvgIpc) is 3.02. The highest BCUT2D eigenvalue weighted by molar-refractivity contribution is 9.10. The normalized spacial score (nSPS) is 15.8. The standard InChI is InChI=1S/C18H22BrN3O3S/c1-13-10-14(6-7-16(13)19)20-18(23)17-11-15(12-21(17)2)26(24,25)22-8-4-3-5-9-22/h6-7,10-12H,3-5,8-9H2,1-2H3,(H,20,23). The van der Waals surface area contributed by atoms with E-state index in [2.05, 4.69) is 21.2 Å². The second-order valence-electron chi connectivity index (χ2n) is 6.55. The van der Waals surface area contributed by atoms with E-state index >= 15 is 0 Å². The van der Waals surface area contributed by atoms with Crippen molar-refractivity contribution in [2.75, 3.05) is 18.4 Å². The minimum atomic E-state index is -3.56. The number of sulfonamides is 1. The molecule has 1 aromatic heterocycles. The fourth-order valence-electron chi connectivity index (χ4n) is 3.07. The highest BCUT2D eigenvalue weighted by Crippen LogP contribution is 2.24. The Hall–Kier alpha value is -1.64. The number of aryl methyl sites for hydroxylation is 2. The number of carbonyl (C=O) groups is 1. The molecular formula is C18H22BrN3O3S. The average molecular weight is 440 g/mol. The number of benzene rings is 1. The van der Waals surface area contributed by atoms with E-state index in [-0.39, 0.29) is 10.8 Å². The van der Waals surface area contributed by atoms with Crippen molar-refractivity contribution in [1.82, 2.24) is 8.87 Å². The maximum absolute atomic E-state index is 12.8. The Bertz CT molecular complexity index is 931. The molecule has 6 nitrogen and oxygen atoms in total. The molecule has 1 aliphatic rings. The first kappa shape index (κ1) is 19.1. The van der Waals surface area contributed by atoms with Gasteiger partial charge in [0.25, 0.3) is 5.91 Å². The molecule has 1 aromatic carbocycles. The number of rotatable bonds is 4. The van der Waals surface area contributed by atoms with Gasteiger partial charge in [-0.2, -0.15) is 4.31 Å². The molecule has 0 saturated carbocycles. The van der Waals surface area contributed by atoms with Crippen molar-refractivity contribution >= 4 is 37.5 Å². The molecule has 8 heteroatoms. The summed E-state index contributed by atoms with van der Waals surface area (Å²) in [5.74, 6) is -0.339. The lowest BCUT2D eigenvalue weighted by molar-refractivity contribution is 0.101. The Morgan fingerprint density at radius 3 is 2.50 bits per heavy atom. The summed E-state index contributed by atoms with van der Waals surface area (Å²) in [6.45, 7) is 3.01. The minimum Gasteiger partial charge on any atom is -0.345 e. The Kier molecular flexibility index (Phi) is 5.55. The molecule has 0 aliphatic carbocycles. The Morgan fingerprint density at radius 2 is 1.85 bits per heavy atom. The van der Waals surface area contributed by atoms with E-state index in [1.54, 1.807) is 17.7 Å². The van der Waals surface area contributed by atoms with Crippen LogP contribution in [0.3, 0.4) is 0 Å². The van der Waals surface area contributed by atoms with Crippen LogP contribution in [0.15, 0.2) is 39.8 Å². The molecule has 2 aromatic rings. The zero-order chi connectivity index (χ0) is 18.9. The van der Waals surface area contributed by atoms with Gasteiger partial charge in [-0.1, -0.05) is 22.4 Å². The topological polar surface area (TPSA) is 71.4 Å². The highest BCUT2D eigenvalue weighted by atomic mass is 79.9. The van der Waals surface area contributed by atoms with Gasteiger partial charge >= 0.3 is 0 Å². The zero-order valence-corrected chi connectivity index (χ0v) is 17.2. The quantitative estimate of drug-likeness (QED) is 0.791. The Morgan fingerprint density at radius 1 is 1.15 bits per heavy atom. The van der Waals surface area contributed by atoms with E-state index in [4.69, 9.17) is 0 Å². The number of halogens is 1. The summed E-state index contributed by atoms with van der Waals surface area (Å²) in [5, 5.41) is 2.82. The van der Waals surface area contributed by atoms with Gasteiger partial charge in [-0.15, -0.1) is 0 Å². The summed E-state index contributed by atoms with van der Waals surface area (Å²) in [6.07, 6.45) is 4.32. The fourth-order valence-corrected chi connectivity index (χ4v) is 4.91. The van der Waals surface area contributed by atoms with Crippen molar-refractivity contribution in [2.24, 2.45) is 7.05 Å². The van der Waals surface area contributed by atoms with E-state index in [9.17, 15) is 13.2 Å². The van der Waals surface area contributed by atoms with Gasteiger partial charge in [-0.05, 0) is 49.6 Å². The molecule has 0 unspecified atom stereocenters. The maximum atomic E-state index is 12.8. The van der Waals surface area contributed by atoms with Crippen LogP contribution >= 0.6 is 15.9 Å². The fraction of sp³-hybridized carbons (Fsp3) is 0.389. The molecule has 0 bridgehead atoms. The lowest BCUT2D eigenvalue weighted by atomic mass is 10.2. The largest absolute Gasteiger partial charge is 0.345 e. The van der Waals surface area contributed by atoms with Gasteiger partial charge < -0.3 is 9.88 Å². The molecule has 26 heavy (non-hydrogen) atoms. The van der Waals surface area contributed by atoms with Crippen molar-refractivity contribution in [3.05, 3.63) is 46.2 Å². The Labute approximate surface area is 162 Å². The lowest BCUT2D eigenvalue weighted by Crippen LogP contribution is -2.35.